The first-order valence-corrected chi connectivity index (χ1v) is 16.1. The molecule has 3 aliphatic rings. The number of carbonyl (C=O) groups excluding carboxylic acids is 2. The Hall–Kier alpha value is -2.89. The summed E-state index contributed by atoms with van der Waals surface area (Å²) in [6.45, 7) is 12.8. The number of anilines is 2. The molecule has 1 aromatic carbocycles. The van der Waals surface area contributed by atoms with Crippen molar-refractivity contribution in [2.75, 3.05) is 43.6 Å². The highest BCUT2D eigenvalue weighted by Crippen LogP contribution is 2.38. The predicted molar refractivity (Wildman–Crippen MR) is 149 cm³/mol. The Kier molecular flexibility index (Phi) is 8.48. The number of hydrogen-bond donors (Lipinski definition) is 2. The van der Waals surface area contributed by atoms with Gasteiger partial charge in [-0.1, -0.05) is 26.8 Å². The molecule has 2 amide bonds. The van der Waals surface area contributed by atoms with Gasteiger partial charge in [0.1, 0.15) is 11.9 Å². The molecule has 0 aliphatic carbocycles. The molecule has 1 saturated heterocycles. The van der Waals surface area contributed by atoms with Crippen LogP contribution >= 0.6 is 0 Å². The SMILES string of the molecule is COC1=NC=CC(C[C@H](CNC[C@@H]2CN(c3ccc4c(c3)NC(=O)CO4)C(=O)O2)O[Si](C)(C)C(C)(C)C)C1. The maximum absolute atomic E-state index is 12.6. The molecule has 0 saturated carbocycles. The number of aliphatic imine (C=N–C) groups is 1. The van der Waals surface area contributed by atoms with Crippen molar-refractivity contribution in [2.24, 2.45) is 10.9 Å². The number of nitrogens with one attached hydrogen (secondary N) is 2. The van der Waals surface area contributed by atoms with Crippen LogP contribution < -0.4 is 20.3 Å². The van der Waals surface area contributed by atoms with Gasteiger partial charge in [-0.15, -0.1) is 0 Å². The maximum Gasteiger partial charge on any atom is 0.414 e. The van der Waals surface area contributed by atoms with Crippen LogP contribution in [0.15, 0.2) is 35.5 Å². The van der Waals surface area contributed by atoms with Crippen LogP contribution in [0.1, 0.15) is 33.6 Å². The van der Waals surface area contributed by atoms with Gasteiger partial charge in [-0.3, -0.25) is 9.69 Å². The van der Waals surface area contributed by atoms with Crippen molar-refractivity contribution >= 4 is 37.6 Å². The molecule has 0 spiro atoms. The second-order valence-electron chi connectivity index (χ2n) is 11.6. The number of ether oxygens (including phenoxy) is 3. The van der Waals surface area contributed by atoms with E-state index in [9.17, 15) is 9.59 Å². The quantitative estimate of drug-likeness (QED) is 0.446. The normalized spacial score (nSPS) is 22.3. The number of hydrogen-bond acceptors (Lipinski definition) is 8. The molecule has 1 unspecified atom stereocenters. The molecule has 3 aliphatic heterocycles. The molecule has 1 fully saturated rings. The minimum absolute atomic E-state index is 0.000729. The minimum Gasteiger partial charge on any atom is -0.484 e. The van der Waals surface area contributed by atoms with Gasteiger partial charge in [0, 0.05) is 31.4 Å². The summed E-state index contributed by atoms with van der Waals surface area (Å²) >= 11 is 0. The Morgan fingerprint density at radius 3 is 2.82 bits per heavy atom. The van der Waals surface area contributed by atoms with Gasteiger partial charge in [-0.25, -0.2) is 9.79 Å². The summed E-state index contributed by atoms with van der Waals surface area (Å²) in [5, 5.41) is 6.37. The summed E-state index contributed by atoms with van der Waals surface area (Å²) in [4.78, 5) is 30.2. The molecule has 10 nitrogen and oxygen atoms in total. The Labute approximate surface area is 225 Å². The number of rotatable bonds is 9. The molecular weight excluding hydrogens is 504 g/mol. The number of carbonyl (C=O) groups is 2. The molecule has 3 heterocycles. The fraction of sp³-hybridized carbons (Fsp3) is 0.593. The van der Waals surface area contributed by atoms with Crippen LogP contribution in [0.3, 0.4) is 0 Å². The standard InChI is InChI=1S/C27H40N4O6Si/c1-27(2,3)38(5,6)37-20(11-18-9-10-29-25(12-18)34-4)14-28-15-21-16-31(26(33)36-21)19-7-8-23-22(13-19)30-24(32)17-35-23/h7-10,13,18,20-21,28H,11-12,14-17H2,1-6H3,(H,30,32)/t18?,20-,21-/m1/s1. The molecule has 0 bridgehead atoms. The third kappa shape index (κ3) is 6.75. The molecule has 11 heteroatoms. The highest BCUT2D eigenvalue weighted by atomic mass is 28.4. The number of allylic oxidation sites excluding steroid dienone is 1. The Morgan fingerprint density at radius 1 is 1.29 bits per heavy atom. The number of nitrogens with zero attached hydrogens (tertiary/aromatic N) is 2. The number of methoxy groups -OCH3 is 1. The van der Waals surface area contributed by atoms with E-state index in [0.717, 1.165) is 18.7 Å². The van der Waals surface area contributed by atoms with Gasteiger partial charge >= 0.3 is 6.09 Å². The van der Waals surface area contributed by atoms with E-state index in [4.69, 9.17) is 18.6 Å². The zero-order valence-corrected chi connectivity index (χ0v) is 24.2. The van der Waals surface area contributed by atoms with Crippen molar-refractivity contribution in [1.29, 1.82) is 0 Å². The van der Waals surface area contributed by atoms with E-state index in [0.29, 0.717) is 36.8 Å². The van der Waals surface area contributed by atoms with E-state index < -0.39 is 14.4 Å². The molecule has 1 aromatic rings. The molecule has 38 heavy (non-hydrogen) atoms. The van der Waals surface area contributed by atoms with E-state index in [1.54, 1.807) is 30.2 Å². The van der Waals surface area contributed by atoms with Crippen LogP contribution in [0, 0.1) is 5.92 Å². The second-order valence-corrected chi connectivity index (χ2v) is 16.3. The summed E-state index contributed by atoms with van der Waals surface area (Å²) < 4.78 is 23.2. The lowest BCUT2D eigenvalue weighted by atomic mass is 9.96. The number of fused-ring (bicyclic) bond motifs is 1. The minimum atomic E-state index is -2.00. The predicted octanol–water partition coefficient (Wildman–Crippen LogP) is 4.29. The van der Waals surface area contributed by atoms with E-state index in [2.05, 4.69) is 55.6 Å². The Bertz CT molecular complexity index is 1100. The average molecular weight is 545 g/mol. The zero-order valence-electron chi connectivity index (χ0n) is 23.2. The van der Waals surface area contributed by atoms with Crippen LogP contribution in [0.25, 0.3) is 0 Å². The molecular formula is C27H40N4O6Si. The van der Waals surface area contributed by atoms with Crippen molar-refractivity contribution in [1.82, 2.24) is 5.32 Å². The average Bonchev–Trinajstić information content (AvgIpc) is 3.22. The summed E-state index contributed by atoms with van der Waals surface area (Å²) in [5.41, 5.74) is 1.21. The fourth-order valence-corrected chi connectivity index (χ4v) is 5.84. The van der Waals surface area contributed by atoms with Crippen LogP contribution in [0.2, 0.25) is 18.1 Å². The van der Waals surface area contributed by atoms with E-state index in [-0.39, 0.29) is 35.7 Å². The van der Waals surface area contributed by atoms with E-state index in [1.807, 2.05) is 6.20 Å². The third-order valence-electron chi connectivity index (χ3n) is 7.61. The third-order valence-corrected chi connectivity index (χ3v) is 12.1. The van der Waals surface area contributed by atoms with Gasteiger partial charge < -0.3 is 29.3 Å². The highest BCUT2D eigenvalue weighted by molar-refractivity contribution is 6.74. The number of amides is 2. The summed E-state index contributed by atoms with van der Waals surface area (Å²) in [5.74, 6) is 1.39. The van der Waals surface area contributed by atoms with Gasteiger partial charge in [-0.05, 0) is 48.7 Å². The number of cyclic esters (lactones) is 1. The maximum atomic E-state index is 12.6. The summed E-state index contributed by atoms with van der Waals surface area (Å²) in [6.07, 6.45) is 4.82. The first-order valence-electron chi connectivity index (χ1n) is 13.2. The fourth-order valence-electron chi connectivity index (χ4n) is 4.48. The lowest BCUT2D eigenvalue weighted by molar-refractivity contribution is -0.118. The topological polar surface area (TPSA) is 111 Å². The molecule has 3 atom stereocenters. The van der Waals surface area contributed by atoms with Crippen molar-refractivity contribution in [3.8, 4) is 5.75 Å². The second kappa shape index (κ2) is 11.5. The summed E-state index contributed by atoms with van der Waals surface area (Å²) in [6, 6.07) is 5.29. The lowest BCUT2D eigenvalue weighted by Gasteiger charge is -2.40. The molecule has 0 radical (unpaired) electrons. The smallest absolute Gasteiger partial charge is 0.414 e. The Balaban J connectivity index is 1.35. The van der Waals surface area contributed by atoms with Crippen molar-refractivity contribution in [3.63, 3.8) is 0 Å². The molecule has 0 aromatic heterocycles. The van der Waals surface area contributed by atoms with Gasteiger partial charge in [0.25, 0.3) is 5.91 Å². The van der Waals surface area contributed by atoms with Crippen molar-refractivity contribution in [3.05, 3.63) is 30.5 Å². The van der Waals surface area contributed by atoms with E-state index in [1.165, 1.54) is 0 Å². The summed E-state index contributed by atoms with van der Waals surface area (Å²) in [7, 11) is -0.349. The van der Waals surface area contributed by atoms with Gasteiger partial charge in [0.15, 0.2) is 20.8 Å². The van der Waals surface area contributed by atoms with E-state index >= 15 is 0 Å². The first kappa shape index (κ1) is 28.1. The first-order chi connectivity index (χ1) is 17.9. The van der Waals surface area contributed by atoms with Crippen molar-refractivity contribution in [2.45, 2.75) is 64.0 Å². The van der Waals surface area contributed by atoms with Crippen LogP contribution in [-0.2, 0) is 18.7 Å². The van der Waals surface area contributed by atoms with Crippen LogP contribution in [-0.4, -0.2) is 71.8 Å². The molecule has 208 valence electrons. The zero-order chi connectivity index (χ0) is 27.5. The van der Waals surface area contributed by atoms with Crippen LogP contribution in [0.4, 0.5) is 16.2 Å². The Morgan fingerprint density at radius 2 is 2.08 bits per heavy atom. The molecule has 2 N–H and O–H groups in total. The van der Waals surface area contributed by atoms with Gasteiger partial charge in [0.2, 0.25) is 0 Å². The number of benzene rings is 1. The lowest BCUT2D eigenvalue weighted by Crippen LogP contribution is -2.47. The largest absolute Gasteiger partial charge is 0.484 e. The van der Waals surface area contributed by atoms with Crippen LogP contribution in [0.5, 0.6) is 5.75 Å². The monoisotopic (exact) mass is 544 g/mol. The van der Waals surface area contributed by atoms with Gasteiger partial charge in [-0.2, -0.15) is 0 Å². The van der Waals surface area contributed by atoms with Crippen molar-refractivity contribution < 1.29 is 28.2 Å². The van der Waals surface area contributed by atoms with Gasteiger partial charge in [0.05, 0.1) is 25.4 Å². The highest BCUT2D eigenvalue weighted by Gasteiger charge is 2.40. The molecule has 4 rings (SSSR count).